The molecule has 0 aliphatic carbocycles. The first-order chi connectivity index (χ1) is 12.3. The number of H-pyrrole nitrogens is 1. The molecule has 4 rings (SSSR count). The van der Waals surface area contributed by atoms with Crippen LogP contribution in [0.3, 0.4) is 0 Å². The first-order valence-corrected chi connectivity index (χ1v) is 10.2. The number of aryl methyl sites for hydroxylation is 2. The van der Waals surface area contributed by atoms with Crippen LogP contribution in [0.25, 0.3) is 10.9 Å². The van der Waals surface area contributed by atoms with E-state index in [-0.39, 0.29) is 17.7 Å². The Morgan fingerprint density at radius 2 is 1.92 bits per heavy atom. The van der Waals surface area contributed by atoms with Crippen LogP contribution in [0, 0.1) is 13.8 Å². The van der Waals surface area contributed by atoms with E-state index in [0.717, 1.165) is 22.0 Å². The minimum atomic E-state index is -3.27. The molecule has 2 N–H and O–H groups in total. The smallest absolute Gasteiger partial charge is 0.268 e. The third-order valence-electron chi connectivity index (χ3n) is 4.94. The molecule has 0 saturated carbocycles. The third-order valence-corrected chi connectivity index (χ3v) is 6.76. The van der Waals surface area contributed by atoms with Gasteiger partial charge in [-0.1, -0.05) is 24.3 Å². The molecule has 5 nitrogen and oxygen atoms in total. The van der Waals surface area contributed by atoms with E-state index in [0.29, 0.717) is 22.6 Å². The average molecular weight is 368 g/mol. The standard InChI is InChI=1S/C20H20N2O3S/c1-12-9-13(2)15-11-18(21-17(15)10-12)20(23)22-16-7-8-26(24,25)19-6-4-3-5-14(16)19/h3-6,9-11,16,21H,7-8H2,1-2H3,(H,22,23)/t16-/m0/s1. The fraction of sp³-hybridized carbons (Fsp3) is 0.250. The number of rotatable bonds is 2. The number of hydrogen-bond acceptors (Lipinski definition) is 3. The van der Waals surface area contributed by atoms with Gasteiger partial charge in [0.15, 0.2) is 9.84 Å². The van der Waals surface area contributed by atoms with Gasteiger partial charge in [0, 0.05) is 10.9 Å². The van der Waals surface area contributed by atoms with Crippen molar-refractivity contribution >= 4 is 26.6 Å². The van der Waals surface area contributed by atoms with Crippen molar-refractivity contribution in [2.24, 2.45) is 0 Å². The second kappa shape index (κ2) is 5.99. The van der Waals surface area contributed by atoms with Crippen molar-refractivity contribution < 1.29 is 13.2 Å². The molecule has 2 aromatic carbocycles. The van der Waals surface area contributed by atoms with Crippen LogP contribution in [0.1, 0.15) is 39.6 Å². The van der Waals surface area contributed by atoms with Crippen LogP contribution in [0.5, 0.6) is 0 Å². The Morgan fingerprint density at radius 1 is 1.15 bits per heavy atom. The van der Waals surface area contributed by atoms with Crippen LogP contribution in [-0.2, 0) is 9.84 Å². The van der Waals surface area contributed by atoms with Crippen LogP contribution < -0.4 is 5.32 Å². The highest BCUT2D eigenvalue weighted by molar-refractivity contribution is 7.91. The number of nitrogens with one attached hydrogen (secondary N) is 2. The third kappa shape index (κ3) is 2.80. The van der Waals surface area contributed by atoms with E-state index in [1.54, 1.807) is 24.3 Å². The topological polar surface area (TPSA) is 79.0 Å². The van der Waals surface area contributed by atoms with Crippen LogP contribution >= 0.6 is 0 Å². The Hall–Kier alpha value is -2.60. The Balaban J connectivity index is 1.66. The molecule has 1 aliphatic heterocycles. The van der Waals surface area contributed by atoms with Crippen molar-refractivity contribution in [2.45, 2.75) is 31.2 Å². The SMILES string of the molecule is Cc1cc(C)c2cc(C(=O)N[C@H]3CCS(=O)(=O)c4ccccc43)[nH]c2c1. The number of carbonyl (C=O) groups is 1. The molecule has 0 bridgehead atoms. The summed E-state index contributed by atoms with van der Waals surface area (Å²) in [6, 6.07) is 12.5. The van der Waals surface area contributed by atoms with Gasteiger partial charge in [0.25, 0.3) is 5.91 Å². The van der Waals surface area contributed by atoms with Crippen molar-refractivity contribution in [2.75, 3.05) is 5.75 Å². The van der Waals surface area contributed by atoms with Gasteiger partial charge in [0.2, 0.25) is 0 Å². The van der Waals surface area contributed by atoms with E-state index in [9.17, 15) is 13.2 Å². The Labute approximate surface area is 152 Å². The maximum atomic E-state index is 12.8. The quantitative estimate of drug-likeness (QED) is 0.727. The Morgan fingerprint density at radius 3 is 2.73 bits per heavy atom. The van der Waals surface area contributed by atoms with Crippen LogP contribution in [0.15, 0.2) is 47.4 Å². The van der Waals surface area contributed by atoms with Gasteiger partial charge in [-0.3, -0.25) is 4.79 Å². The lowest BCUT2D eigenvalue weighted by Gasteiger charge is -2.26. The van der Waals surface area contributed by atoms with E-state index in [1.165, 1.54) is 0 Å². The van der Waals surface area contributed by atoms with Crippen molar-refractivity contribution in [3.8, 4) is 0 Å². The zero-order chi connectivity index (χ0) is 18.5. The summed E-state index contributed by atoms with van der Waals surface area (Å²) in [6.07, 6.45) is 0.378. The van der Waals surface area contributed by atoms with Gasteiger partial charge in [-0.25, -0.2) is 8.42 Å². The Kier molecular flexibility index (Phi) is 3.88. The van der Waals surface area contributed by atoms with E-state index >= 15 is 0 Å². The molecule has 6 heteroatoms. The highest BCUT2D eigenvalue weighted by Gasteiger charge is 2.31. The minimum Gasteiger partial charge on any atom is -0.351 e. The lowest BCUT2D eigenvalue weighted by Crippen LogP contribution is -2.34. The van der Waals surface area contributed by atoms with Gasteiger partial charge in [0.05, 0.1) is 16.7 Å². The van der Waals surface area contributed by atoms with Gasteiger partial charge >= 0.3 is 0 Å². The predicted octanol–water partition coefficient (Wildman–Crippen LogP) is 3.43. The number of fused-ring (bicyclic) bond motifs is 2. The fourth-order valence-electron chi connectivity index (χ4n) is 3.70. The molecule has 3 aromatic rings. The van der Waals surface area contributed by atoms with Crippen LogP contribution in [0.4, 0.5) is 0 Å². The fourth-order valence-corrected chi connectivity index (χ4v) is 5.32. The molecule has 1 amide bonds. The Bertz CT molecular complexity index is 1130. The predicted molar refractivity (Wildman–Crippen MR) is 101 cm³/mol. The maximum absolute atomic E-state index is 12.8. The zero-order valence-electron chi connectivity index (χ0n) is 14.7. The molecular weight excluding hydrogens is 348 g/mol. The number of amides is 1. The molecule has 0 radical (unpaired) electrons. The summed E-state index contributed by atoms with van der Waals surface area (Å²) in [6.45, 7) is 4.04. The normalized spacial score (nSPS) is 18.5. The molecule has 0 saturated heterocycles. The summed E-state index contributed by atoms with van der Waals surface area (Å²) in [5.41, 5.74) is 4.33. The van der Waals surface area contributed by atoms with Gasteiger partial charge in [-0.2, -0.15) is 0 Å². The van der Waals surface area contributed by atoms with E-state index in [2.05, 4.69) is 16.4 Å². The zero-order valence-corrected chi connectivity index (χ0v) is 15.5. The average Bonchev–Trinajstić information content (AvgIpc) is 3.02. The van der Waals surface area contributed by atoms with Crippen molar-refractivity contribution in [1.82, 2.24) is 10.3 Å². The molecule has 0 spiro atoms. The second-order valence-electron chi connectivity index (χ2n) is 6.90. The first kappa shape index (κ1) is 16.8. The number of benzene rings is 2. The molecule has 26 heavy (non-hydrogen) atoms. The number of carbonyl (C=O) groups excluding carboxylic acids is 1. The van der Waals surface area contributed by atoms with Crippen molar-refractivity contribution in [3.05, 3.63) is 64.8 Å². The molecule has 134 valence electrons. The summed E-state index contributed by atoms with van der Waals surface area (Å²) >= 11 is 0. The van der Waals surface area contributed by atoms with E-state index in [4.69, 9.17) is 0 Å². The molecule has 1 atom stereocenters. The van der Waals surface area contributed by atoms with Crippen LogP contribution in [0.2, 0.25) is 0 Å². The first-order valence-electron chi connectivity index (χ1n) is 8.58. The summed E-state index contributed by atoms with van der Waals surface area (Å²) < 4.78 is 24.5. The lowest BCUT2D eigenvalue weighted by atomic mass is 10.0. The minimum absolute atomic E-state index is 0.0416. The molecule has 1 aliphatic rings. The molecule has 1 aromatic heterocycles. The molecule has 0 unspecified atom stereocenters. The number of aromatic amines is 1. The summed E-state index contributed by atoms with van der Waals surface area (Å²) in [4.78, 5) is 16.3. The van der Waals surface area contributed by atoms with Gasteiger partial charge in [-0.05, 0) is 55.2 Å². The van der Waals surface area contributed by atoms with Crippen LogP contribution in [-0.4, -0.2) is 25.1 Å². The summed E-state index contributed by atoms with van der Waals surface area (Å²) in [5.74, 6) is -0.183. The monoisotopic (exact) mass is 368 g/mol. The van der Waals surface area contributed by atoms with Crippen molar-refractivity contribution in [1.29, 1.82) is 0 Å². The van der Waals surface area contributed by atoms with Crippen molar-refractivity contribution in [3.63, 3.8) is 0 Å². The van der Waals surface area contributed by atoms with Gasteiger partial charge in [0.1, 0.15) is 5.69 Å². The second-order valence-corrected chi connectivity index (χ2v) is 8.98. The van der Waals surface area contributed by atoms with Gasteiger partial charge < -0.3 is 10.3 Å². The largest absolute Gasteiger partial charge is 0.351 e. The van der Waals surface area contributed by atoms with Gasteiger partial charge in [-0.15, -0.1) is 0 Å². The number of sulfone groups is 1. The summed E-state index contributed by atoms with van der Waals surface area (Å²) in [5, 5.41) is 4.01. The van der Waals surface area contributed by atoms with E-state index < -0.39 is 9.84 Å². The lowest BCUT2D eigenvalue weighted by molar-refractivity contribution is 0.0930. The van der Waals surface area contributed by atoms with E-state index in [1.807, 2.05) is 26.0 Å². The number of aromatic nitrogens is 1. The number of hydrogen-bond donors (Lipinski definition) is 2. The molecule has 0 fully saturated rings. The molecular formula is C20H20N2O3S. The highest BCUT2D eigenvalue weighted by Crippen LogP contribution is 2.32. The maximum Gasteiger partial charge on any atom is 0.268 e. The summed E-state index contributed by atoms with van der Waals surface area (Å²) in [7, 11) is -3.27. The molecule has 2 heterocycles. The highest BCUT2D eigenvalue weighted by atomic mass is 32.2.